The molecule has 5 nitrogen and oxygen atoms in total. The smallest absolute Gasteiger partial charge is 0.410 e. The highest BCUT2D eigenvalue weighted by Gasteiger charge is 2.55. The van der Waals surface area contributed by atoms with Crippen molar-refractivity contribution in [2.45, 2.75) is 45.3 Å². The van der Waals surface area contributed by atoms with Crippen molar-refractivity contribution in [2.75, 3.05) is 39.3 Å². The van der Waals surface area contributed by atoms with E-state index in [0.717, 1.165) is 45.3 Å². The molecule has 0 atom stereocenters. The summed E-state index contributed by atoms with van der Waals surface area (Å²) in [6, 6.07) is 0.762. The zero-order chi connectivity index (χ0) is 14.4. The number of hydrogen-bond donors (Lipinski definition) is 1. The van der Waals surface area contributed by atoms with E-state index >= 15 is 0 Å². The van der Waals surface area contributed by atoms with E-state index in [0.29, 0.717) is 5.41 Å². The minimum atomic E-state index is -0.388. The Balaban J connectivity index is 1.42. The maximum atomic E-state index is 11.9. The normalized spacial score (nSPS) is 27.1. The van der Waals surface area contributed by atoms with Crippen molar-refractivity contribution in [1.82, 2.24) is 15.1 Å². The zero-order valence-electron chi connectivity index (χ0n) is 12.9. The van der Waals surface area contributed by atoms with Gasteiger partial charge in [-0.2, -0.15) is 0 Å². The lowest BCUT2D eigenvalue weighted by atomic mass is 9.72. The third-order valence-corrected chi connectivity index (χ3v) is 4.61. The van der Waals surface area contributed by atoms with Gasteiger partial charge in [0.15, 0.2) is 0 Å². The zero-order valence-corrected chi connectivity index (χ0v) is 12.9. The van der Waals surface area contributed by atoms with E-state index in [9.17, 15) is 4.79 Å². The second-order valence-electron chi connectivity index (χ2n) is 7.72. The Morgan fingerprint density at radius 2 is 1.75 bits per heavy atom. The first-order valence-electron chi connectivity index (χ1n) is 7.80. The first kappa shape index (κ1) is 14.1. The maximum absolute atomic E-state index is 11.9. The molecule has 0 aromatic heterocycles. The van der Waals surface area contributed by atoms with Crippen molar-refractivity contribution in [3.05, 3.63) is 0 Å². The van der Waals surface area contributed by atoms with E-state index in [1.807, 2.05) is 25.7 Å². The van der Waals surface area contributed by atoms with Crippen LogP contribution in [-0.2, 0) is 4.74 Å². The fourth-order valence-electron chi connectivity index (χ4n) is 3.66. The molecule has 114 valence electrons. The summed E-state index contributed by atoms with van der Waals surface area (Å²) in [5.74, 6) is 0. The van der Waals surface area contributed by atoms with E-state index in [2.05, 4.69) is 10.2 Å². The van der Waals surface area contributed by atoms with Gasteiger partial charge < -0.3 is 15.0 Å². The number of rotatable bonds is 1. The second-order valence-corrected chi connectivity index (χ2v) is 7.72. The molecule has 0 saturated carbocycles. The molecule has 3 saturated heterocycles. The fraction of sp³-hybridized carbons (Fsp3) is 0.933. The Morgan fingerprint density at radius 3 is 2.30 bits per heavy atom. The summed E-state index contributed by atoms with van der Waals surface area (Å²) in [7, 11) is 0. The van der Waals surface area contributed by atoms with Gasteiger partial charge in [-0.25, -0.2) is 4.79 Å². The van der Waals surface area contributed by atoms with Gasteiger partial charge in [-0.05, 0) is 46.7 Å². The number of carbonyl (C=O) groups is 1. The van der Waals surface area contributed by atoms with Crippen LogP contribution in [0.2, 0.25) is 0 Å². The van der Waals surface area contributed by atoms with Crippen LogP contribution < -0.4 is 5.32 Å². The highest BCUT2D eigenvalue weighted by molar-refractivity contribution is 5.69. The maximum Gasteiger partial charge on any atom is 0.410 e. The Hall–Kier alpha value is -0.810. The highest BCUT2D eigenvalue weighted by atomic mass is 16.6. The van der Waals surface area contributed by atoms with Crippen LogP contribution in [0.15, 0.2) is 0 Å². The summed E-state index contributed by atoms with van der Waals surface area (Å²) in [5.41, 5.74) is -0.0115. The lowest BCUT2D eigenvalue weighted by Crippen LogP contribution is -2.74. The van der Waals surface area contributed by atoms with E-state index in [-0.39, 0.29) is 11.7 Å². The molecule has 0 bridgehead atoms. The monoisotopic (exact) mass is 281 g/mol. The van der Waals surface area contributed by atoms with Crippen LogP contribution >= 0.6 is 0 Å². The predicted molar refractivity (Wildman–Crippen MR) is 77.7 cm³/mol. The summed E-state index contributed by atoms with van der Waals surface area (Å²) in [6.45, 7) is 12.1. The minimum Gasteiger partial charge on any atom is -0.444 e. The van der Waals surface area contributed by atoms with Crippen molar-refractivity contribution in [1.29, 1.82) is 0 Å². The molecule has 1 amide bonds. The Kier molecular flexibility index (Phi) is 3.45. The summed E-state index contributed by atoms with van der Waals surface area (Å²) >= 11 is 0. The molecule has 3 rings (SSSR count). The number of carbonyl (C=O) groups excluding carboxylic acids is 1. The van der Waals surface area contributed by atoms with Gasteiger partial charge in [0.25, 0.3) is 0 Å². The molecule has 0 unspecified atom stereocenters. The number of likely N-dealkylation sites (tertiary alicyclic amines) is 2. The second kappa shape index (κ2) is 4.88. The van der Waals surface area contributed by atoms with E-state index in [1.54, 1.807) is 0 Å². The Morgan fingerprint density at radius 1 is 1.15 bits per heavy atom. The minimum absolute atomic E-state index is 0.150. The molecule has 20 heavy (non-hydrogen) atoms. The first-order valence-corrected chi connectivity index (χ1v) is 7.80. The van der Waals surface area contributed by atoms with Crippen LogP contribution in [-0.4, -0.2) is 66.8 Å². The van der Waals surface area contributed by atoms with E-state index in [4.69, 9.17) is 4.74 Å². The lowest BCUT2D eigenvalue weighted by Gasteiger charge is -2.62. The number of nitrogens with zero attached hydrogens (tertiary/aromatic N) is 2. The SMILES string of the molecule is CC(C)(C)OC(=O)N1CC2(C1)CN(C1CCNCC1)C2. The van der Waals surface area contributed by atoms with Crippen LogP contribution in [0, 0.1) is 5.41 Å². The predicted octanol–water partition coefficient (Wildman–Crippen LogP) is 1.29. The van der Waals surface area contributed by atoms with Crippen molar-refractivity contribution < 1.29 is 9.53 Å². The van der Waals surface area contributed by atoms with E-state index in [1.165, 1.54) is 12.8 Å². The molecular formula is C15H27N3O2. The van der Waals surface area contributed by atoms with E-state index < -0.39 is 0 Å². The van der Waals surface area contributed by atoms with Gasteiger partial charge in [-0.1, -0.05) is 0 Å². The molecule has 0 aromatic carbocycles. The Bertz CT molecular complexity index is 371. The van der Waals surface area contributed by atoms with Gasteiger partial charge in [0, 0.05) is 37.6 Å². The van der Waals surface area contributed by atoms with Crippen molar-refractivity contribution >= 4 is 6.09 Å². The van der Waals surface area contributed by atoms with Gasteiger partial charge in [-0.15, -0.1) is 0 Å². The topological polar surface area (TPSA) is 44.8 Å². The van der Waals surface area contributed by atoms with Gasteiger partial charge in [0.05, 0.1) is 0 Å². The molecule has 3 heterocycles. The molecule has 3 aliphatic heterocycles. The third-order valence-electron chi connectivity index (χ3n) is 4.61. The Labute approximate surface area is 121 Å². The largest absolute Gasteiger partial charge is 0.444 e. The number of amides is 1. The molecular weight excluding hydrogens is 254 g/mol. The number of ether oxygens (including phenoxy) is 1. The summed E-state index contributed by atoms with van der Waals surface area (Å²) in [5, 5.41) is 3.41. The number of piperidine rings is 1. The van der Waals surface area contributed by atoms with Crippen LogP contribution in [0.25, 0.3) is 0 Å². The first-order chi connectivity index (χ1) is 9.37. The van der Waals surface area contributed by atoms with Crippen molar-refractivity contribution in [3.63, 3.8) is 0 Å². The quantitative estimate of drug-likeness (QED) is 0.787. The van der Waals surface area contributed by atoms with Crippen molar-refractivity contribution in [3.8, 4) is 0 Å². The average molecular weight is 281 g/mol. The van der Waals surface area contributed by atoms with Crippen molar-refractivity contribution in [2.24, 2.45) is 5.41 Å². The molecule has 0 radical (unpaired) electrons. The standard InChI is InChI=1S/C15H27N3O2/c1-14(2,3)20-13(19)18-10-15(11-18)8-17(9-15)12-4-6-16-7-5-12/h12,16H,4-11H2,1-3H3. The molecule has 0 aliphatic carbocycles. The molecule has 5 heteroatoms. The summed E-state index contributed by atoms with van der Waals surface area (Å²) < 4.78 is 5.41. The number of nitrogens with one attached hydrogen (secondary N) is 1. The summed E-state index contributed by atoms with van der Waals surface area (Å²) in [4.78, 5) is 16.4. The van der Waals surface area contributed by atoms with Crippen LogP contribution in [0.1, 0.15) is 33.6 Å². The van der Waals surface area contributed by atoms with Gasteiger partial charge >= 0.3 is 6.09 Å². The van der Waals surface area contributed by atoms with Gasteiger partial charge in [0.2, 0.25) is 0 Å². The molecule has 3 fully saturated rings. The molecule has 1 spiro atoms. The molecule has 0 aromatic rings. The van der Waals surface area contributed by atoms with Gasteiger partial charge in [-0.3, -0.25) is 4.90 Å². The highest BCUT2D eigenvalue weighted by Crippen LogP contribution is 2.42. The third kappa shape index (κ3) is 2.79. The number of hydrogen-bond acceptors (Lipinski definition) is 4. The van der Waals surface area contributed by atoms with Crippen LogP contribution in [0.4, 0.5) is 4.79 Å². The van der Waals surface area contributed by atoms with Gasteiger partial charge in [0.1, 0.15) is 5.60 Å². The van der Waals surface area contributed by atoms with Crippen LogP contribution in [0.5, 0.6) is 0 Å². The van der Waals surface area contributed by atoms with Crippen LogP contribution in [0.3, 0.4) is 0 Å². The average Bonchev–Trinajstić information content (AvgIpc) is 2.24. The lowest BCUT2D eigenvalue weighted by molar-refractivity contribution is -0.129. The fourth-order valence-corrected chi connectivity index (χ4v) is 3.66. The molecule has 3 aliphatic rings. The molecule has 1 N–H and O–H groups in total. The summed E-state index contributed by atoms with van der Waals surface area (Å²) in [6.07, 6.45) is 2.39.